The second-order valence-corrected chi connectivity index (χ2v) is 33.0. The van der Waals surface area contributed by atoms with Crippen LogP contribution in [0, 0.1) is 71.1 Å². The van der Waals surface area contributed by atoms with E-state index in [1.165, 1.54) is 46.9 Å². The van der Waals surface area contributed by atoms with Crippen molar-refractivity contribution in [1.82, 2.24) is 59.9 Å². The molecule has 9 aromatic rings. The van der Waals surface area contributed by atoms with E-state index in [2.05, 4.69) is 121 Å². The number of aryl methyl sites for hydroxylation is 2. The molecule has 3 aromatic carbocycles. The summed E-state index contributed by atoms with van der Waals surface area (Å²) in [6.07, 6.45) is 19.0. The van der Waals surface area contributed by atoms with Gasteiger partial charge in [0.2, 0.25) is 53.0 Å². The Morgan fingerprint density at radius 3 is 1.36 bits per heavy atom. The Balaban J connectivity index is 0.000000163. The number of benzene rings is 3. The van der Waals surface area contributed by atoms with Crippen molar-refractivity contribution in [2.75, 3.05) is 94.1 Å². The summed E-state index contributed by atoms with van der Waals surface area (Å²) < 4.78 is 45.3. The first-order chi connectivity index (χ1) is 59.6. The fourth-order valence-corrected chi connectivity index (χ4v) is 16.6. The Kier molecular flexibility index (Phi) is 34.1. The molecule has 0 atom stereocenters. The fourth-order valence-electron chi connectivity index (χ4n) is 15.4. The number of carbonyl (C=O) groups is 1. The summed E-state index contributed by atoms with van der Waals surface area (Å²) in [6.45, 7) is 7.60. The van der Waals surface area contributed by atoms with E-state index in [4.69, 9.17) is 34.5 Å². The number of fused-ring (bicyclic) bond motifs is 1. The van der Waals surface area contributed by atoms with Crippen LogP contribution in [0.15, 0.2) is 103 Å². The van der Waals surface area contributed by atoms with Gasteiger partial charge in [0, 0.05) is 118 Å². The van der Waals surface area contributed by atoms with Gasteiger partial charge < -0.3 is 80.4 Å². The summed E-state index contributed by atoms with van der Waals surface area (Å²) in [4.78, 5) is 90.8. The number of carbonyl (C=O) groups excluding carboxylic acids is 1. The standard InChI is InChI=1S/C25H31F3N8O3.C20H24N6O2S.C18H24ClN7O2.C18H29N7O3/c1-16-11-20(35(2)34-16)14-29-19-9-7-17(8-10-19)12-30-23-21(36(37)38)15-32-24(33-23)31-13-18-5-3-4-6-22(18)39-25(26,27)28;21-15-7-5-13(6-8-15)9-22-19-17(26(27)28)11-24-20(25-19)23-10-14-12-29-18-4-2-1-3-16(14)18;19-15-7-14(21)6-3-12(15)9-23-18-24-10-16(26(27)28)17(25-18)22-8-11-1-4-13(20)5-2-11;19-14-6-4-13(5-7-14)10-20-17-15(25(27)28)11-21-18(23-17)22-12-16(26)24-8-2-1-3-9-24/h3-6,11,15,17,19,29H,7-10,12-14H2,1-2H3,(H2,30,31,32,33);1-4,11-13,15H,5-10,21H2,(H2,22,23,24,25);3,6-7,10-11,13H,1-2,4-5,8-9,20-21H2,(H2,22,23,24,25);11,13-14H,1-10,12,19H2,(H2,20,21,22,23). The van der Waals surface area contributed by atoms with Gasteiger partial charge in [-0.3, -0.25) is 49.9 Å². The van der Waals surface area contributed by atoms with Crippen LogP contribution in [0.2, 0.25) is 5.02 Å². The monoisotopic (exact) mass is 1760 g/mol. The van der Waals surface area contributed by atoms with E-state index in [1.807, 2.05) is 41.8 Å². The van der Waals surface area contributed by atoms with Crippen molar-refractivity contribution in [2.24, 2.45) is 47.9 Å². The van der Waals surface area contributed by atoms with Crippen molar-refractivity contribution in [2.45, 2.75) is 186 Å². The number of halogens is 4. The third kappa shape index (κ3) is 28.6. The number of ether oxygens (including phenoxy) is 1. The van der Waals surface area contributed by atoms with Gasteiger partial charge in [-0.05, 0) is 205 Å². The first-order valence-corrected chi connectivity index (χ1v) is 42.9. The molecule has 14 rings (SSSR count). The number of hydrogen-bond acceptors (Lipinski definition) is 33. The van der Waals surface area contributed by atoms with Gasteiger partial charge in [-0.15, -0.1) is 24.5 Å². The topological polar surface area (TPSA) is 535 Å². The van der Waals surface area contributed by atoms with E-state index >= 15 is 0 Å². The first-order valence-electron chi connectivity index (χ1n) is 41.7. The highest BCUT2D eigenvalue weighted by Crippen LogP contribution is 2.35. The smallest absolute Gasteiger partial charge is 0.405 e. The van der Waals surface area contributed by atoms with Gasteiger partial charge in [0.25, 0.3) is 0 Å². The largest absolute Gasteiger partial charge is 0.573 e. The minimum Gasteiger partial charge on any atom is -0.405 e. The molecule has 7 heterocycles. The van der Waals surface area contributed by atoms with Crippen LogP contribution in [0.25, 0.3) is 10.1 Å². The summed E-state index contributed by atoms with van der Waals surface area (Å²) in [7, 11) is 1.93. The van der Waals surface area contributed by atoms with Crippen LogP contribution in [-0.2, 0) is 38.0 Å². The normalized spacial score (nSPS) is 19.4. The molecule has 0 radical (unpaired) electrons. The van der Waals surface area contributed by atoms with Crippen molar-refractivity contribution < 1.29 is 42.4 Å². The summed E-state index contributed by atoms with van der Waals surface area (Å²) in [6, 6.07) is 22.4. The molecule has 1 aliphatic heterocycles. The molecule has 38 nitrogen and oxygen atoms in total. The van der Waals surface area contributed by atoms with Crippen molar-refractivity contribution in [1.29, 1.82) is 0 Å². The highest BCUT2D eigenvalue weighted by molar-refractivity contribution is 7.17. The predicted molar refractivity (Wildman–Crippen MR) is 471 cm³/mol. The SMILES string of the molecule is Cc1cc(CNC2CCC(CNc3nc(NCc4ccccc4OC(F)(F)F)ncc3[N+](=O)[O-])CC2)n(C)n1.NC1CCC(CNc2nc(NCC(=O)N3CCCCC3)ncc2[N+](=O)[O-])CC1.NC1CCC(CNc2nc(NCc3csc4ccccc34)ncc2[N+](=O)[O-])CC1.Nc1ccc(CNc2ncc([N+](=O)[O-])c(NCC3CCC(N)CC3)n2)c(Cl)c1. The Hall–Kier alpha value is -11.9. The number of nitro groups is 4. The van der Waals surface area contributed by atoms with Crippen LogP contribution in [0.5, 0.6) is 5.75 Å². The Morgan fingerprint density at radius 2 is 0.935 bits per heavy atom. The lowest BCUT2D eigenvalue weighted by atomic mass is 9.86. The Morgan fingerprint density at radius 1 is 0.524 bits per heavy atom. The Bertz CT molecular complexity index is 5020. The molecule has 1 amide bonds. The number of hydrogen-bond donors (Lipinski definition) is 13. The third-order valence-corrected chi connectivity index (χ3v) is 23.9. The zero-order valence-electron chi connectivity index (χ0n) is 69.2. The van der Waals surface area contributed by atoms with E-state index in [0.29, 0.717) is 85.6 Å². The van der Waals surface area contributed by atoms with Gasteiger partial charge in [-0.1, -0.05) is 54.1 Å². The van der Waals surface area contributed by atoms with E-state index in [9.17, 15) is 58.4 Å². The zero-order chi connectivity index (χ0) is 88.2. The van der Waals surface area contributed by atoms with E-state index in [0.717, 1.165) is 170 Å². The number of nitrogens with one attached hydrogen (secondary N) is 9. The van der Waals surface area contributed by atoms with Gasteiger partial charge >= 0.3 is 29.1 Å². The zero-order valence-corrected chi connectivity index (χ0v) is 70.7. The second kappa shape index (κ2) is 45.5. The lowest BCUT2D eigenvalue weighted by molar-refractivity contribution is -0.384. The number of nitrogens with zero attached hydrogens (tertiary/aromatic N) is 15. The number of rotatable bonds is 32. The molecule has 5 aliphatic rings. The maximum absolute atomic E-state index is 12.7. The minimum absolute atomic E-state index is 0.00490. The minimum atomic E-state index is -4.83. The maximum Gasteiger partial charge on any atom is 0.573 e. The van der Waals surface area contributed by atoms with Crippen LogP contribution in [0.4, 0.5) is 88.7 Å². The number of likely N-dealkylation sites (tertiary alicyclic amines) is 1. The lowest BCUT2D eigenvalue weighted by Crippen LogP contribution is -2.39. The van der Waals surface area contributed by atoms with E-state index in [-0.39, 0.29) is 112 Å². The summed E-state index contributed by atoms with van der Waals surface area (Å²) in [5.41, 5.74) is 27.7. The molecular formula is C81H108ClF3N28O10S. The molecule has 6 aromatic heterocycles. The summed E-state index contributed by atoms with van der Waals surface area (Å²) in [5, 5.41) is 81.7. The van der Waals surface area contributed by atoms with E-state index in [1.54, 1.807) is 29.5 Å². The van der Waals surface area contributed by atoms with Crippen molar-refractivity contribution in [3.05, 3.63) is 177 Å². The number of aromatic nitrogens is 10. The van der Waals surface area contributed by atoms with Crippen LogP contribution < -0.4 is 75.5 Å². The molecule has 0 unspecified atom stereocenters. The first kappa shape index (κ1) is 92.9. The van der Waals surface area contributed by atoms with Gasteiger partial charge in [-0.2, -0.15) is 25.0 Å². The van der Waals surface area contributed by atoms with Crippen molar-refractivity contribution in [3.63, 3.8) is 0 Å². The Labute approximate surface area is 723 Å². The van der Waals surface area contributed by atoms with Crippen LogP contribution >= 0.6 is 22.9 Å². The van der Waals surface area contributed by atoms with Gasteiger partial charge in [0.15, 0.2) is 0 Å². The molecule has 666 valence electrons. The van der Waals surface area contributed by atoms with Gasteiger partial charge in [-0.25, -0.2) is 19.9 Å². The van der Waals surface area contributed by atoms with E-state index < -0.39 is 26.1 Å². The van der Waals surface area contributed by atoms with Crippen molar-refractivity contribution in [3.8, 4) is 5.75 Å². The van der Waals surface area contributed by atoms with Gasteiger partial charge in [0.1, 0.15) is 30.5 Å². The van der Waals surface area contributed by atoms with Gasteiger partial charge in [0.05, 0.1) is 37.6 Å². The number of nitrogen functional groups attached to an aromatic ring is 1. The highest BCUT2D eigenvalue weighted by Gasteiger charge is 2.33. The summed E-state index contributed by atoms with van der Waals surface area (Å²) in [5.74, 6) is 2.90. The van der Waals surface area contributed by atoms with Crippen LogP contribution in [0.3, 0.4) is 0 Å². The van der Waals surface area contributed by atoms with Crippen molar-refractivity contribution >= 4 is 114 Å². The molecule has 1 saturated heterocycles. The van der Waals surface area contributed by atoms with Crippen LogP contribution in [-0.4, -0.2) is 156 Å². The lowest BCUT2D eigenvalue weighted by Gasteiger charge is -2.29. The molecule has 43 heteroatoms. The third-order valence-electron chi connectivity index (χ3n) is 22.5. The molecule has 124 heavy (non-hydrogen) atoms. The number of nitrogens with two attached hydrogens (primary N) is 4. The van der Waals surface area contributed by atoms with Crippen LogP contribution in [0.1, 0.15) is 150 Å². The number of para-hydroxylation sites is 1. The molecule has 0 spiro atoms. The second-order valence-electron chi connectivity index (χ2n) is 31.7. The number of amides is 1. The number of piperidine rings is 1. The molecule has 4 saturated carbocycles. The predicted octanol–water partition coefficient (Wildman–Crippen LogP) is 13.7. The molecule has 5 fully saturated rings. The molecular weight excluding hydrogens is 1650 g/mol. The molecule has 0 bridgehead atoms. The molecule has 17 N–H and O–H groups in total. The number of thiophene rings is 1. The average molecular weight is 1760 g/mol. The maximum atomic E-state index is 12.7. The fraction of sp³-hybridized carbons (Fsp3) is 0.506. The number of anilines is 9. The highest BCUT2D eigenvalue weighted by atomic mass is 35.5. The average Bonchev–Trinajstić information content (AvgIpc) is 1.59. The molecule has 4 aliphatic carbocycles. The number of alkyl halides is 3. The quantitative estimate of drug-likeness (QED) is 0.0106. The summed E-state index contributed by atoms with van der Waals surface area (Å²) >= 11 is 7.86.